The maximum absolute atomic E-state index is 13.3. The summed E-state index contributed by atoms with van der Waals surface area (Å²) in [7, 11) is -2.51. The highest BCUT2D eigenvalue weighted by molar-refractivity contribution is 8.03. The molecule has 1 atom stereocenters. The van der Waals surface area contributed by atoms with Crippen molar-refractivity contribution in [2.24, 2.45) is 10.7 Å². The Morgan fingerprint density at radius 3 is 2.60 bits per heavy atom. The lowest BCUT2D eigenvalue weighted by Gasteiger charge is -2.20. The third-order valence-electron chi connectivity index (χ3n) is 5.22. The summed E-state index contributed by atoms with van der Waals surface area (Å²) >= 11 is 0. The van der Waals surface area contributed by atoms with Gasteiger partial charge in [0, 0.05) is 36.1 Å². The topological polar surface area (TPSA) is 163 Å². The van der Waals surface area contributed by atoms with Gasteiger partial charge in [-0.25, -0.2) is 18.1 Å². The van der Waals surface area contributed by atoms with E-state index in [4.69, 9.17) is 15.6 Å². The largest absolute Gasteiger partial charge is 0.464 e. The zero-order valence-electron chi connectivity index (χ0n) is 19.6. The highest BCUT2D eigenvalue weighted by Crippen LogP contribution is 2.30. The fourth-order valence-electron chi connectivity index (χ4n) is 3.46. The number of sulfonamides is 1. The van der Waals surface area contributed by atoms with E-state index >= 15 is 0 Å². The Kier molecular flexibility index (Phi) is 7.92. The molecule has 6 N–H and O–H groups in total. The van der Waals surface area contributed by atoms with Crippen molar-refractivity contribution < 1.29 is 17.6 Å². The van der Waals surface area contributed by atoms with Crippen LogP contribution in [0.5, 0.6) is 0 Å². The first-order valence-corrected chi connectivity index (χ1v) is 12.3. The molecule has 1 unspecified atom stereocenters. The lowest BCUT2D eigenvalue weighted by Crippen LogP contribution is -2.38. The average Bonchev–Trinajstić information content (AvgIpc) is 3.20. The number of nitrogens with zero attached hydrogens (tertiary/aromatic N) is 1. The predicted molar refractivity (Wildman–Crippen MR) is 138 cm³/mol. The average molecular weight is 497 g/mol. The van der Waals surface area contributed by atoms with Crippen LogP contribution in [-0.2, 0) is 21.2 Å². The third-order valence-corrected chi connectivity index (χ3v) is 6.10. The Bertz CT molecular complexity index is 1390. The Balaban J connectivity index is 2.02. The van der Waals surface area contributed by atoms with Gasteiger partial charge in [-0.05, 0) is 66.4 Å². The number of carbonyl (C=O) groups is 1. The van der Waals surface area contributed by atoms with E-state index in [1.807, 2.05) is 26.0 Å². The number of hydrogen-bond acceptors (Lipinski definition) is 8. The molecular formula is C24H28N6O4S. The van der Waals surface area contributed by atoms with E-state index in [0.717, 1.165) is 22.1 Å². The molecule has 0 radical (unpaired) electrons. The van der Waals surface area contributed by atoms with Gasteiger partial charge >= 0.3 is 0 Å². The Morgan fingerprint density at radius 1 is 1.26 bits per heavy atom. The van der Waals surface area contributed by atoms with Gasteiger partial charge in [-0.3, -0.25) is 10.2 Å². The molecule has 0 saturated heterocycles. The lowest BCUT2D eigenvalue weighted by molar-refractivity contribution is -0.120. The molecule has 11 heteroatoms. The first-order chi connectivity index (χ1) is 16.6. The molecule has 0 aliphatic rings. The van der Waals surface area contributed by atoms with Crippen LogP contribution in [-0.4, -0.2) is 32.8 Å². The van der Waals surface area contributed by atoms with Crippen molar-refractivity contribution in [3.8, 4) is 0 Å². The minimum Gasteiger partial charge on any atom is -0.464 e. The van der Waals surface area contributed by atoms with Gasteiger partial charge in [0.05, 0.1) is 6.26 Å². The Morgan fingerprint density at radius 2 is 1.97 bits per heavy atom. The maximum Gasteiger partial charge on any atom is 0.274 e. The smallest absolute Gasteiger partial charge is 0.274 e. The summed E-state index contributed by atoms with van der Waals surface area (Å²) in [6.07, 6.45) is 4.99. The molecule has 10 nitrogen and oxygen atoms in total. The predicted octanol–water partition coefficient (Wildman–Crippen LogP) is 2.91. The van der Waals surface area contributed by atoms with Crippen molar-refractivity contribution in [3.63, 3.8) is 0 Å². The number of rotatable bonds is 10. The van der Waals surface area contributed by atoms with Gasteiger partial charge in [0.15, 0.2) is 0 Å². The number of aryl methyl sites for hydroxylation is 2. The first kappa shape index (κ1) is 25.5. The number of carbonyl (C=O) groups excluding carboxylic acids is 1. The molecule has 1 aromatic heterocycles. The number of amides is 1. The van der Waals surface area contributed by atoms with Crippen LogP contribution in [0, 0.1) is 12.3 Å². The van der Waals surface area contributed by atoms with E-state index in [0.29, 0.717) is 28.8 Å². The number of nitrogens with one attached hydrogen (secondary N) is 4. The molecule has 2 aromatic carbocycles. The van der Waals surface area contributed by atoms with Crippen LogP contribution in [0.1, 0.15) is 35.2 Å². The fourth-order valence-corrected chi connectivity index (χ4v) is 4.14. The number of nitrogen functional groups attached to an aromatic ring is 1. The molecule has 184 valence electrons. The second-order valence-corrected chi connectivity index (χ2v) is 9.27. The molecule has 1 amide bonds. The summed E-state index contributed by atoms with van der Waals surface area (Å²) in [4.78, 5) is 16.9. The van der Waals surface area contributed by atoms with Gasteiger partial charge in [-0.15, -0.1) is 0 Å². The Labute approximate surface area is 203 Å². The number of anilines is 1. The van der Waals surface area contributed by atoms with Crippen molar-refractivity contribution in [1.29, 1.82) is 5.41 Å². The van der Waals surface area contributed by atoms with Gasteiger partial charge in [0.2, 0.25) is 0 Å². The summed E-state index contributed by atoms with van der Waals surface area (Å²) in [6.45, 7) is 3.87. The van der Waals surface area contributed by atoms with E-state index < -0.39 is 22.0 Å². The van der Waals surface area contributed by atoms with Crippen molar-refractivity contribution in [3.05, 3.63) is 77.3 Å². The number of hydrogen-bond donors (Lipinski definition) is 5. The lowest BCUT2D eigenvalue weighted by atomic mass is 9.98. The Hall–Kier alpha value is -4.12. The molecule has 0 spiro atoms. The van der Waals surface area contributed by atoms with Crippen LogP contribution < -0.4 is 21.1 Å². The van der Waals surface area contributed by atoms with Crippen LogP contribution in [0.3, 0.4) is 0 Å². The van der Waals surface area contributed by atoms with Crippen LogP contribution in [0.25, 0.3) is 11.0 Å². The second-order valence-electron chi connectivity index (χ2n) is 7.77. The molecule has 0 bridgehead atoms. The summed E-state index contributed by atoms with van der Waals surface area (Å²) in [6, 6.07) is 9.18. The second kappa shape index (κ2) is 10.9. The molecule has 0 saturated carbocycles. The van der Waals surface area contributed by atoms with E-state index in [-0.39, 0.29) is 5.84 Å². The number of fused-ring (bicyclic) bond motifs is 1. The number of furan rings is 1. The highest BCUT2D eigenvalue weighted by Gasteiger charge is 2.26. The van der Waals surface area contributed by atoms with Gasteiger partial charge in [0.1, 0.15) is 23.0 Å². The summed E-state index contributed by atoms with van der Waals surface area (Å²) in [5.74, 6) is -0.871. The summed E-state index contributed by atoms with van der Waals surface area (Å²) in [5.41, 5.74) is 10.3. The third kappa shape index (κ3) is 6.27. The summed E-state index contributed by atoms with van der Waals surface area (Å²) < 4.78 is 32.6. The maximum atomic E-state index is 13.3. The highest BCUT2D eigenvalue weighted by atomic mass is 32.2. The van der Waals surface area contributed by atoms with Crippen LogP contribution >= 0.6 is 0 Å². The van der Waals surface area contributed by atoms with Crippen LogP contribution in [0.2, 0.25) is 0 Å². The molecular weight excluding hydrogens is 468 g/mol. The van der Waals surface area contributed by atoms with E-state index in [2.05, 4.69) is 20.3 Å². The van der Waals surface area contributed by atoms with Crippen molar-refractivity contribution in [2.75, 3.05) is 12.4 Å². The first-order valence-electron chi connectivity index (χ1n) is 10.8. The van der Waals surface area contributed by atoms with Gasteiger partial charge < -0.3 is 20.8 Å². The summed E-state index contributed by atoms with van der Waals surface area (Å²) in [5, 5.41) is 14.2. The van der Waals surface area contributed by atoms with Crippen molar-refractivity contribution >= 4 is 44.0 Å². The SMILES string of the molecule is CCc1cc(C(Nc2ccc(C(=N)N)cc2)C(=O)NS(=O)(=O)C=N/C=C\NC)cc2c(C)coc12. The van der Waals surface area contributed by atoms with Gasteiger partial charge in [0.25, 0.3) is 15.9 Å². The molecule has 0 aliphatic heterocycles. The number of nitrogens with two attached hydrogens (primary N) is 1. The van der Waals surface area contributed by atoms with Crippen LogP contribution in [0.4, 0.5) is 5.69 Å². The standard InChI is InChI=1S/C24H28N6O4S/c1-4-16-11-18(12-20-15(2)13-34-22(16)20)21(29-19-7-5-17(6-8-19)23(25)26)24(31)30-35(32,33)14-28-10-9-27-3/h5-14,21,27,29H,4H2,1-3H3,(H3,25,26)(H,30,31)/b10-9-,28-14?. The molecule has 3 rings (SSSR count). The normalized spacial score (nSPS) is 12.8. The monoisotopic (exact) mass is 496 g/mol. The van der Waals surface area contributed by atoms with Gasteiger partial charge in [-0.1, -0.05) is 6.92 Å². The molecule has 1 heterocycles. The number of aliphatic imine (C=N–C) groups is 1. The zero-order chi connectivity index (χ0) is 25.6. The fraction of sp³-hybridized carbons (Fsp3) is 0.208. The van der Waals surface area contributed by atoms with E-state index in [1.165, 1.54) is 12.4 Å². The van der Waals surface area contributed by atoms with Crippen molar-refractivity contribution in [2.45, 2.75) is 26.3 Å². The zero-order valence-corrected chi connectivity index (χ0v) is 20.4. The van der Waals surface area contributed by atoms with E-state index in [1.54, 1.807) is 37.6 Å². The number of benzene rings is 2. The van der Waals surface area contributed by atoms with Crippen LogP contribution in [0.15, 0.2) is 64.5 Å². The molecule has 0 fully saturated rings. The molecule has 3 aromatic rings. The van der Waals surface area contributed by atoms with Gasteiger partial charge in [-0.2, -0.15) is 0 Å². The van der Waals surface area contributed by atoms with E-state index in [9.17, 15) is 13.2 Å². The quantitative estimate of drug-likeness (QED) is 0.213. The van der Waals surface area contributed by atoms with Crippen molar-refractivity contribution in [1.82, 2.24) is 10.0 Å². The molecule has 0 aliphatic carbocycles. The minimum atomic E-state index is -4.15. The number of amidine groups is 1. The minimum absolute atomic E-state index is 0.0861. The molecule has 35 heavy (non-hydrogen) atoms.